The second-order valence-electron chi connectivity index (χ2n) is 3.82. The Morgan fingerprint density at radius 3 is 2.88 bits per heavy atom. The van der Waals surface area contributed by atoms with Crippen LogP contribution in [0.1, 0.15) is 23.1 Å². The molecule has 1 aromatic carbocycles. The first-order valence-electron chi connectivity index (χ1n) is 5.60. The molecule has 0 amide bonds. The lowest BCUT2D eigenvalue weighted by Gasteiger charge is -2.04. The van der Waals surface area contributed by atoms with Gasteiger partial charge >= 0.3 is 5.97 Å². The Morgan fingerprint density at radius 1 is 1.53 bits per heavy atom. The van der Waals surface area contributed by atoms with E-state index >= 15 is 0 Å². The molecule has 0 atom stereocenters. The van der Waals surface area contributed by atoms with Gasteiger partial charge in [-0.1, -0.05) is 0 Å². The number of aromatic nitrogens is 2. The highest BCUT2D eigenvalue weighted by molar-refractivity contribution is 5.92. The minimum absolute atomic E-state index is 0.262. The lowest BCUT2D eigenvalue weighted by atomic mass is 10.2. The van der Waals surface area contributed by atoms with Gasteiger partial charge in [-0.3, -0.25) is 0 Å². The number of fused-ring (bicyclic) bond motifs is 1. The molecule has 17 heavy (non-hydrogen) atoms. The summed E-state index contributed by atoms with van der Waals surface area (Å²) in [5.41, 5.74) is 7.48. The fourth-order valence-electron chi connectivity index (χ4n) is 1.99. The molecule has 0 aliphatic carbocycles. The second-order valence-corrected chi connectivity index (χ2v) is 3.82. The predicted molar refractivity (Wildman–Crippen MR) is 65.1 cm³/mol. The maximum Gasteiger partial charge on any atom is 0.335 e. The molecule has 0 saturated carbocycles. The Bertz CT molecular complexity index is 560. The molecule has 0 unspecified atom stereocenters. The zero-order chi connectivity index (χ0) is 12.4. The van der Waals surface area contributed by atoms with Gasteiger partial charge in [0.05, 0.1) is 16.6 Å². The Morgan fingerprint density at radius 2 is 2.29 bits per heavy atom. The van der Waals surface area contributed by atoms with Gasteiger partial charge in [0, 0.05) is 13.0 Å². The third kappa shape index (κ3) is 2.01. The number of aryl methyl sites for hydroxylation is 1. The van der Waals surface area contributed by atoms with E-state index in [1.54, 1.807) is 18.2 Å². The molecule has 0 bridgehead atoms. The van der Waals surface area contributed by atoms with Crippen LogP contribution in [-0.4, -0.2) is 27.2 Å². The Balaban J connectivity index is 2.60. The monoisotopic (exact) mass is 233 g/mol. The normalized spacial score (nSPS) is 10.9. The van der Waals surface area contributed by atoms with Gasteiger partial charge in [-0.15, -0.1) is 0 Å². The smallest absolute Gasteiger partial charge is 0.335 e. The number of imidazole rings is 1. The van der Waals surface area contributed by atoms with Crippen molar-refractivity contribution < 1.29 is 9.90 Å². The summed E-state index contributed by atoms with van der Waals surface area (Å²) in [5, 5.41) is 8.93. The molecule has 90 valence electrons. The van der Waals surface area contributed by atoms with E-state index in [2.05, 4.69) is 9.55 Å². The Labute approximate surface area is 98.9 Å². The lowest BCUT2D eigenvalue weighted by molar-refractivity contribution is 0.0697. The molecule has 5 heteroatoms. The summed E-state index contributed by atoms with van der Waals surface area (Å²) in [6, 6.07) is 5.00. The molecule has 2 aromatic rings. The van der Waals surface area contributed by atoms with E-state index in [-0.39, 0.29) is 5.56 Å². The first-order valence-corrected chi connectivity index (χ1v) is 5.60. The van der Waals surface area contributed by atoms with Crippen LogP contribution in [0.5, 0.6) is 0 Å². The third-order valence-electron chi connectivity index (χ3n) is 2.76. The number of benzene rings is 1. The van der Waals surface area contributed by atoms with Crippen molar-refractivity contribution >= 4 is 17.0 Å². The molecule has 0 aliphatic rings. The van der Waals surface area contributed by atoms with Gasteiger partial charge in [-0.05, 0) is 31.7 Å². The zero-order valence-electron chi connectivity index (χ0n) is 9.68. The van der Waals surface area contributed by atoms with Crippen LogP contribution in [0.4, 0.5) is 0 Å². The zero-order valence-corrected chi connectivity index (χ0v) is 9.68. The van der Waals surface area contributed by atoms with Gasteiger partial charge in [0.1, 0.15) is 5.82 Å². The maximum atomic E-state index is 10.9. The second kappa shape index (κ2) is 4.55. The summed E-state index contributed by atoms with van der Waals surface area (Å²) in [6.45, 7) is 3.37. The molecular formula is C12H15N3O2. The molecule has 1 heterocycles. The standard InChI is InChI=1S/C12H15N3O2/c1-2-15-10-4-3-8(12(16)17)7-9(10)14-11(15)5-6-13/h3-4,7H,2,5-6,13H2,1H3,(H,16,17). The highest BCUT2D eigenvalue weighted by Gasteiger charge is 2.11. The Hall–Kier alpha value is -1.88. The van der Waals surface area contributed by atoms with E-state index < -0.39 is 5.97 Å². The molecule has 0 fully saturated rings. The molecule has 2 rings (SSSR count). The van der Waals surface area contributed by atoms with Crippen LogP contribution in [0.25, 0.3) is 11.0 Å². The lowest BCUT2D eigenvalue weighted by Crippen LogP contribution is -2.09. The number of hydrogen-bond acceptors (Lipinski definition) is 3. The minimum atomic E-state index is -0.932. The summed E-state index contributed by atoms with van der Waals surface area (Å²) in [4.78, 5) is 15.3. The largest absolute Gasteiger partial charge is 0.478 e. The summed E-state index contributed by atoms with van der Waals surface area (Å²) in [7, 11) is 0. The molecule has 0 spiro atoms. The van der Waals surface area contributed by atoms with Gasteiger partial charge in [-0.25, -0.2) is 9.78 Å². The van der Waals surface area contributed by atoms with Crippen LogP contribution in [0.2, 0.25) is 0 Å². The van der Waals surface area contributed by atoms with Crippen LogP contribution >= 0.6 is 0 Å². The number of carboxylic acids is 1. The fraction of sp³-hybridized carbons (Fsp3) is 0.333. The maximum absolute atomic E-state index is 10.9. The van der Waals surface area contributed by atoms with Gasteiger partial charge in [0.2, 0.25) is 0 Å². The number of nitrogens with zero attached hydrogens (tertiary/aromatic N) is 2. The minimum Gasteiger partial charge on any atom is -0.478 e. The summed E-state index contributed by atoms with van der Waals surface area (Å²) in [6.07, 6.45) is 0.699. The molecule has 1 aromatic heterocycles. The summed E-state index contributed by atoms with van der Waals surface area (Å²) >= 11 is 0. The van der Waals surface area contributed by atoms with Gasteiger partial charge in [0.25, 0.3) is 0 Å². The molecular weight excluding hydrogens is 218 g/mol. The van der Waals surface area contributed by atoms with Crippen LogP contribution in [0.3, 0.4) is 0 Å². The van der Waals surface area contributed by atoms with Gasteiger partial charge < -0.3 is 15.4 Å². The Kier molecular flexibility index (Phi) is 3.10. The van der Waals surface area contributed by atoms with Crippen molar-refractivity contribution in [2.24, 2.45) is 5.73 Å². The van der Waals surface area contributed by atoms with E-state index in [9.17, 15) is 4.79 Å². The number of aromatic carboxylic acids is 1. The van der Waals surface area contributed by atoms with Crippen LogP contribution < -0.4 is 5.73 Å². The number of rotatable bonds is 4. The fourth-order valence-corrected chi connectivity index (χ4v) is 1.99. The van der Waals surface area contributed by atoms with Crippen molar-refractivity contribution in [3.63, 3.8) is 0 Å². The van der Waals surface area contributed by atoms with Crippen LogP contribution in [0, 0.1) is 0 Å². The van der Waals surface area contributed by atoms with E-state index in [1.165, 1.54) is 0 Å². The van der Waals surface area contributed by atoms with Gasteiger partial charge in [-0.2, -0.15) is 0 Å². The first-order chi connectivity index (χ1) is 8.17. The first kappa shape index (κ1) is 11.6. The average molecular weight is 233 g/mol. The highest BCUT2D eigenvalue weighted by atomic mass is 16.4. The van der Waals surface area contributed by atoms with E-state index in [0.717, 1.165) is 23.4 Å². The summed E-state index contributed by atoms with van der Waals surface area (Å²) in [5.74, 6) is -0.0223. The third-order valence-corrected chi connectivity index (χ3v) is 2.76. The molecule has 0 aliphatic heterocycles. The van der Waals surface area contributed by atoms with E-state index in [0.29, 0.717) is 13.0 Å². The highest BCUT2D eigenvalue weighted by Crippen LogP contribution is 2.18. The van der Waals surface area contributed by atoms with Crippen molar-refractivity contribution in [2.45, 2.75) is 19.9 Å². The molecule has 0 saturated heterocycles. The average Bonchev–Trinajstić information content (AvgIpc) is 2.65. The number of carboxylic acid groups (broad SMARTS) is 1. The van der Waals surface area contributed by atoms with Crippen LogP contribution in [-0.2, 0) is 13.0 Å². The number of hydrogen-bond donors (Lipinski definition) is 2. The van der Waals surface area contributed by atoms with Crippen LogP contribution in [0.15, 0.2) is 18.2 Å². The topological polar surface area (TPSA) is 81.1 Å². The molecule has 0 radical (unpaired) electrons. The van der Waals surface area contributed by atoms with Crippen molar-refractivity contribution in [3.8, 4) is 0 Å². The van der Waals surface area contributed by atoms with E-state index in [4.69, 9.17) is 10.8 Å². The SMILES string of the molecule is CCn1c(CCN)nc2cc(C(=O)O)ccc21. The number of nitrogens with two attached hydrogens (primary N) is 1. The number of carbonyl (C=O) groups is 1. The van der Waals surface area contributed by atoms with Crippen molar-refractivity contribution in [1.82, 2.24) is 9.55 Å². The van der Waals surface area contributed by atoms with Gasteiger partial charge in [0.15, 0.2) is 0 Å². The summed E-state index contributed by atoms with van der Waals surface area (Å²) < 4.78 is 2.06. The predicted octanol–water partition coefficient (Wildman–Crippen LogP) is 1.26. The quantitative estimate of drug-likeness (QED) is 0.832. The molecule has 3 N–H and O–H groups in total. The van der Waals surface area contributed by atoms with Crippen molar-refractivity contribution in [3.05, 3.63) is 29.6 Å². The van der Waals surface area contributed by atoms with Crippen molar-refractivity contribution in [2.75, 3.05) is 6.54 Å². The van der Waals surface area contributed by atoms with Crippen molar-refractivity contribution in [1.29, 1.82) is 0 Å². The molecule has 5 nitrogen and oxygen atoms in total. The van der Waals surface area contributed by atoms with E-state index in [1.807, 2.05) is 6.92 Å².